The molecule has 0 radical (unpaired) electrons. The Kier molecular flexibility index (Phi) is 3.69. The molecule has 0 saturated heterocycles. The SMILES string of the molecule is Cc1cc(CNc2ccc(O)cc2)ccc1Br. The first-order chi connectivity index (χ1) is 8.15. The molecule has 0 aromatic heterocycles. The number of hydrogen-bond donors (Lipinski definition) is 2. The third-order valence-corrected chi connectivity index (χ3v) is 3.48. The molecule has 0 spiro atoms. The standard InChI is InChI=1S/C14H14BrNO/c1-10-8-11(2-7-14(10)15)9-16-12-3-5-13(17)6-4-12/h2-8,16-17H,9H2,1H3. The van der Waals surface area contributed by atoms with Crippen molar-refractivity contribution in [1.82, 2.24) is 0 Å². The number of benzene rings is 2. The van der Waals surface area contributed by atoms with Gasteiger partial charge in [-0.2, -0.15) is 0 Å². The van der Waals surface area contributed by atoms with Crippen LogP contribution in [0.1, 0.15) is 11.1 Å². The van der Waals surface area contributed by atoms with Gasteiger partial charge in [-0.05, 0) is 48.4 Å². The highest BCUT2D eigenvalue weighted by Crippen LogP contribution is 2.19. The summed E-state index contributed by atoms with van der Waals surface area (Å²) in [7, 11) is 0. The van der Waals surface area contributed by atoms with Gasteiger partial charge in [-0.15, -0.1) is 0 Å². The summed E-state index contributed by atoms with van der Waals surface area (Å²) in [5, 5.41) is 12.5. The zero-order valence-corrected chi connectivity index (χ0v) is 11.2. The Morgan fingerprint density at radius 1 is 1.12 bits per heavy atom. The largest absolute Gasteiger partial charge is 0.508 e. The number of phenols is 1. The highest BCUT2D eigenvalue weighted by Gasteiger charge is 1.98. The third kappa shape index (κ3) is 3.24. The van der Waals surface area contributed by atoms with Crippen LogP contribution in [0.15, 0.2) is 46.9 Å². The topological polar surface area (TPSA) is 32.3 Å². The van der Waals surface area contributed by atoms with E-state index >= 15 is 0 Å². The van der Waals surface area contributed by atoms with Gasteiger partial charge in [-0.3, -0.25) is 0 Å². The molecule has 2 aromatic rings. The quantitative estimate of drug-likeness (QED) is 0.836. The van der Waals surface area contributed by atoms with Crippen LogP contribution in [-0.2, 0) is 6.54 Å². The third-order valence-electron chi connectivity index (χ3n) is 2.59. The first-order valence-electron chi connectivity index (χ1n) is 5.43. The molecule has 2 aromatic carbocycles. The van der Waals surface area contributed by atoms with Gasteiger partial charge in [0.1, 0.15) is 5.75 Å². The summed E-state index contributed by atoms with van der Waals surface area (Å²) in [6.45, 7) is 2.85. The molecule has 2 nitrogen and oxygen atoms in total. The van der Waals surface area contributed by atoms with E-state index in [9.17, 15) is 5.11 Å². The number of aromatic hydroxyl groups is 1. The van der Waals surface area contributed by atoms with Gasteiger partial charge >= 0.3 is 0 Å². The lowest BCUT2D eigenvalue weighted by Crippen LogP contribution is -1.99. The van der Waals surface area contributed by atoms with Crippen molar-refractivity contribution in [3.63, 3.8) is 0 Å². The van der Waals surface area contributed by atoms with Crippen molar-refractivity contribution in [3.8, 4) is 5.75 Å². The molecule has 17 heavy (non-hydrogen) atoms. The molecular formula is C14H14BrNO. The Labute approximate surface area is 109 Å². The van der Waals surface area contributed by atoms with Crippen LogP contribution in [0.3, 0.4) is 0 Å². The van der Waals surface area contributed by atoms with Crippen LogP contribution in [0.4, 0.5) is 5.69 Å². The van der Waals surface area contributed by atoms with E-state index in [-0.39, 0.29) is 5.75 Å². The van der Waals surface area contributed by atoms with Crippen molar-refractivity contribution in [2.75, 3.05) is 5.32 Å². The van der Waals surface area contributed by atoms with E-state index < -0.39 is 0 Å². The van der Waals surface area contributed by atoms with Gasteiger partial charge in [0.05, 0.1) is 0 Å². The van der Waals surface area contributed by atoms with Crippen LogP contribution in [0.5, 0.6) is 5.75 Å². The van der Waals surface area contributed by atoms with Gasteiger partial charge in [0, 0.05) is 16.7 Å². The Bertz CT molecular complexity index is 508. The zero-order chi connectivity index (χ0) is 12.3. The Hall–Kier alpha value is -1.48. The van der Waals surface area contributed by atoms with Crippen LogP contribution >= 0.6 is 15.9 Å². The number of halogens is 1. The second kappa shape index (κ2) is 5.23. The Morgan fingerprint density at radius 2 is 1.82 bits per heavy atom. The lowest BCUT2D eigenvalue weighted by molar-refractivity contribution is 0.475. The van der Waals surface area contributed by atoms with Crippen LogP contribution in [0, 0.1) is 6.92 Å². The van der Waals surface area contributed by atoms with Gasteiger partial charge in [-0.25, -0.2) is 0 Å². The molecule has 0 unspecified atom stereocenters. The Morgan fingerprint density at radius 3 is 2.47 bits per heavy atom. The van der Waals surface area contributed by atoms with Gasteiger partial charge in [0.25, 0.3) is 0 Å². The van der Waals surface area contributed by atoms with E-state index in [2.05, 4.69) is 46.4 Å². The number of nitrogens with one attached hydrogen (secondary N) is 1. The van der Waals surface area contributed by atoms with E-state index in [0.29, 0.717) is 0 Å². The summed E-state index contributed by atoms with van der Waals surface area (Å²) >= 11 is 3.49. The van der Waals surface area contributed by atoms with Crippen molar-refractivity contribution in [1.29, 1.82) is 0 Å². The molecule has 0 aliphatic heterocycles. The van der Waals surface area contributed by atoms with Gasteiger partial charge in [0.2, 0.25) is 0 Å². The maximum Gasteiger partial charge on any atom is 0.115 e. The average molecular weight is 292 g/mol. The predicted molar refractivity (Wildman–Crippen MR) is 74.3 cm³/mol. The summed E-state index contributed by atoms with van der Waals surface area (Å²) < 4.78 is 1.13. The smallest absolute Gasteiger partial charge is 0.115 e. The van der Waals surface area contributed by atoms with E-state index in [4.69, 9.17) is 0 Å². The maximum absolute atomic E-state index is 9.18. The molecule has 0 aliphatic rings. The van der Waals surface area contributed by atoms with Crippen molar-refractivity contribution >= 4 is 21.6 Å². The fourth-order valence-corrected chi connectivity index (χ4v) is 1.85. The molecular weight excluding hydrogens is 278 g/mol. The van der Waals surface area contributed by atoms with E-state index in [1.54, 1.807) is 12.1 Å². The number of anilines is 1. The van der Waals surface area contributed by atoms with Gasteiger partial charge < -0.3 is 10.4 Å². The molecule has 0 bridgehead atoms. The highest BCUT2D eigenvalue weighted by atomic mass is 79.9. The number of aryl methyl sites for hydroxylation is 1. The fourth-order valence-electron chi connectivity index (χ4n) is 1.60. The van der Waals surface area contributed by atoms with Crippen molar-refractivity contribution in [2.45, 2.75) is 13.5 Å². The fraction of sp³-hybridized carbons (Fsp3) is 0.143. The normalized spacial score (nSPS) is 10.2. The molecule has 3 heteroatoms. The van der Waals surface area contributed by atoms with Gasteiger partial charge in [-0.1, -0.05) is 28.1 Å². The molecule has 0 aliphatic carbocycles. The molecule has 0 atom stereocenters. The van der Waals surface area contributed by atoms with E-state index in [1.165, 1.54) is 11.1 Å². The minimum absolute atomic E-state index is 0.287. The number of rotatable bonds is 3. The van der Waals surface area contributed by atoms with Crippen molar-refractivity contribution in [2.24, 2.45) is 0 Å². The molecule has 2 N–H and O–H groups in total. The summed E-state index contributed by atoms with van der Waals surface area (Å²) in [6, 6.07) is 13.4. The van der Waals surface area contributed by atoms with Crippen LogP contribution < -0.4 is 5.32 Å². The van der Waals surface area contributed by atoms with Crippen LogP contribution in [0.25, 0.3) is 0 Å². The highest BCUT2D eigenvalue weighted by molar-refractivity contribution is 9.10. The van der Waals surface area contributed by atoms with E-state index in [0.717, 1.165) is 16.7 Å². The summed E-state index contributed by atoms with van der Waals surface area (Å²) in [6.07, 6.45) is 0. The summed E-state index contributed by atoms with van der Waals surface area (Å²) in [5.74, 6) is 0.287. The second-order valence-corrected chi connectivity index (χ2v) is 4.84. The van der Waals surface area contributed by atoms with E-state index in [1.807, 2.05) is 12.1 Å². The minimum atomic E-state index is 0.287. The average Bonchev–Trinajstić information content (AvgIpc) is 2.33. The van der Waals surface area contributed by atoms with Crippen molar-refractivity contribution < 1.29 is 5.11 Å². The molecule has 2 rings (SSSR count). The number of phenolic OH excluding ortho intramolecular Hbond substituents is 1. The summed E-state index contributed by atoms with van der Waals surface area (Å²) in [4.78, 5) is 0. The molecule has 0 saturated carbocycles. The van der Waals surface area contributed by atoms with Crippen LogP contribution in [-0.4, -0.2) is 5.11 Å². The van der Waals surface area contributed by atoms with Crippen LogP contribution in [0.2, 0.25) is 0 Å². The molecule has 0 amide bonds. The molecule has 88 valence electrons. The first-order valence-corrected chi connectivity index (χ1v) is 6.22. The number of hydrogen-bond acceptors (Lipinski definition) is 2. The predicted octanol–water partition coefficient (Wildman–Crippen LogP) is 4.08. The minimum Gasteiger partial charge on any atom is -0.508 e. The summed E-state index contributed by atoms with van der Waals surface area (Å²) in [5.41, 5.74) is 3.47. The Balaban J connectivity index is 2.02. The lowest BCUT2D eigenvalue weighted by Gasteiger charge is -2.08. The monoisotopic (exact) mass is 291 g/mol. The zero-order valence-electron chi connectivity index (χ0n) is 9.57. The second-order valence-electron chi connectivity index (χ2n) is 3.98. The first kappa shape index (κ1) is 12.0. The van der Waals surface area contributed by atoms with Crippen molar-refractivity contribution in [3.05, 3.63) is 58.1 Å². The molecule has 0 heterocycles. The van der Waals surface area contributed by atoms with Gasteiger partial charge in [0.15, 0.2) is 0 Å². The molecule has 0 fully saturated rings. The maximum atomic E-state index is 9.18. The lowest BCUT2D eigenvalue weighted by atomic mass is 10.1.